The van der Waals surface area contributed by atoms with Crippen LogP contribution in [0, 0.1) is 0 Å². The smallest absolute Gasteiger partial charge is 0.475 e. The number of likely N-dealkylation sites (tertiary alicyclic amines) is 1. The zero-order chi connectivity index (χ0) is 21.8. The maximum absolute atomic E-state index is 10.6. The van der Waals surface area contributed by atoms with Gasteiger partial charge in [-0.3, -0.25) is 9.58 Å². The van der Waals surface area contributed by atoms with Gasteiger partial charge in [0.05, 0.1) is 36.7 Å². The van der Waals surface area contributed by atoms with Crippen molar-refractivity contribution in [2.75, 3.05) is 25.0 Å². The van der Waals surface area contributed by atoms with Crippen LogP contribution in [0.1, 0.15) is 24.3 Å². The lowest BCUT2D eigenvalue weighted by molar-refractivity contribution is -0.192. The molecular formula is C18H24F3N5O3S. The van der Waals surface area contributed by atoms with Gasteiger partial charge >= 0.3 is 12.1 Å². The third-order valence-electron chi connectivity index (χ3n) is 5.14. The van der Waals surface area contributed by atoms with Gasteiger partial charge < -0.3 is 15.2 Å². The van der Waals surface area contributed by atoms with E-state index in [-0.39, 0.29) is 5.60 Å². The van der Waals surface area contributed by atoms with Crippen LogP contribution < -0.4 is 5.32 Å². The van der Waals surface area contributed by atoms with Gasteiger partial charge in [0.1, 0.15) is 5.01 Å². The van der Waals surface area contributed by atoms with E-state index in [0.717, 1.165) is 51.2 Å². The van der Waals surface area contributed by atoms with Crippen LogP contribution in [0.15, 0.2) is 24.0 Å². The van der Waals surface area contributed by atoms with Crippen molar-refractivity contribution in [2.45, 2.75) is 43.6 Å². The summed E-state index contributed by atoms with van der Waals surface area (Å²) in [7, 11) is 1.94. The molecule has 2 aromatic heterocycles. The molecule has 2 fully saturated rings. The first-order valence-corrected chi connectivity index (χ1v) is 10.3. The Morgan fingerprint density at radius 3 is 2.67 bits per heavy atom. The van der Waals surface area contributed by atoms with Crippen molar-refractivity contribution < 1.29 is 27.8 Å². The predicted octanol–water partition coefficient (Wildman–Crippen LogP) is 2.75. The number of thiazole rings is 1. The van der Waals surface area contributed by atoms with Gasteiger partial charge in [0.15, 0.2) is 0 Å². The Labute approximate surface area is 175 Å². The van der Waals surface area contributed by atoms with Crippen molar-refractivity contribution in [3.05, 3.63) is 29.0 Å². The third-order valence-corrected chi connectivity index (χ3v) is 5.90. The molecular weight excluding hydrogens is 423 g/mol. The van der Waals surface area contributed by atoms with Crippen molar-refractivity contribution in [3.8, 4) is 0 Å². The molecule has 2 N–H and O–H groups in total. The van der Waals surface area contributed by atoms with E-state index in [4.69, 9.17) is 14.6 Å². The summed E-state index contributed by atoms with van der Waals surface area (Å²) in [5.74, 6) is -2.76. The average molecular weight is 447 g/mol. The fraction of sp³-hybridized carbons (Fsp3) is 0.611. The number of nitrogens with one attached hydrogen (secondary N) is 1. The first kappa shape index (κ1) is 22.5. The molecule has 0 radical (unpaired) electrons. The molecule has 0 amide bonds. The summed E-state index contributed by atoms with van der Waals surface area (Å²) in [4.78, 5) is 15.8. The zero-order valence-electron chi connectivity index (χ0n) is 16.4. The number of rotatable bonds is 4. The van der Waals surface area contributed by atoms with Crippen LogP contribution in [0.2, 0.25) is 0 Å². The van der Waals surface area contributed by atoms with Crippen molar-refractivity contribution >= 4 is 23.0 Å². The van der Waals surface area contributed by atoms with E-state index in [2.05, 4.69) is 25.7 Å². The number of anilines is 1. The minimum Gasteiger partial charge on any atom is -0.475 e. The van der Waals surface area contributed by atoms with Crippen LogP contribution in [-0.2, 0) is 23.1 Å². The summed E-state index contributed by atoms with van der Waals surface area (Å²) in [5.41, 5.74) is 1.15. The lowest BCUT2D eigenvalue weighted by Crippen LogP contribution is -2.44. The van der Waals surface area contributed by atoms with Crippen LogP contribution in [0.25, 0.3) is 0 Å². The standard InChI is InChI=1S/C16H23N5OS.C2HF3O2/c1-20-10-14(9-18-20)19-13-8-16(22-12-13)2-5-21(6-3-16)11-15-17-4-7-23-15;3-2(4,5)1(6)7/h4,7,9-10,13,19H,2-3,5-6,8,11-12H2,1H3;(H,6,7). The number of carbonyl (C=O) groups is 1. The summed E-state index contributed by atoms with van der Waals surface area (Å²) in [5, 5.41) is 18.1. The second-order valence-electron chi connectivity index (χ2n) is 7.45. The van der Waals surface area contributed by atoms with Gasteiger partial charge in [0.25, 0.3) is 0 Å². The fourth-order valence-corrected chi connectivity index (χ4v) is 4.32. The molecule has 30 heavy (non-hydrogen) atoms. The predicted molar refractivity (Wildman–Crippen MR) is 104 cm³/mol. The van der Waals surface area contributed by atoms with Gasteiger partial charge in [0, 0.05) is 37.9 Å². The Hall–Kier alpha value is -2.18. The summed E-state index contributed by atoms with van der Waals surface area (Å²) in [6.07, 6.45) is 4.02. The second kappa shape index (κ2) is 9.31. The highest BCUT2D eigenvalue weighted by molar-refractivity contribution is 7.09. The lowest BCUT2D eigenvalue weighted by atomic mass is 9.87. The molecule has 0 aromatic carbocycles. The Bertz CT molecular complexity index is 819. The van der Waals surface area contributed by atoms with Gasteiger partial charge in [0.2, 0.25) is 0 Å². The van der Waals surface area contributed by atoms with E-state index in [0.29, 0.717) is 6.04 Å². The normalized spacial score (nSPS) is 21.3. The molecule has 2 aromatic rings. The second-order valence-corrected chi connectivity index (χ2v) is 8.43. The van der Waals surface area contributed by atoms with E-state index in [9.17, 15) is 13.2 Å². The maximum atomic E-state index is 10.6. The van der Waals surface area contributed by atoms with Gasteiger partial charge in [-0.15, -0.1) is 11.3 Å². The van der Waals surface area contributed by atoms with Crippen molar-refractivity contribution in [2.24, 2.45) is 7.05 Å². The molecule has 2 saturated heterocycles. The first-order chi connectivity index (χ1) is 14.2. The number of halogens is 3. The van der Waals surface area contributed by atoms with Gasteiger partial charge in [-0.05, 0) is 19.3 Å². The molecule has 4 heterocycles. The SMILES string of the molecule is Cn1cc(NC2COC3(CCN(Cc4nccs4)CC3)C2)cn1.O=C(O)C(F)(F)F. The van der Waals surface area contributed by atoms with Gasteiger partial charge in [-0.1, -0.05) is 0 Å². The van der Waals surface area contributed by atoms with Crippen LogP contribution in [0.5, 0.6) is 0 Å². The van der Waals surface area contributed by atoms with Crippen LogP contribution in [-0.4, -0.2) is 68.3 Å². The van der Waals surface area contributed by atoms with E-state index >= 15 is 0 Å². The quantitative estimate of drug-likeness (QED) is 0.745. The maximum Gasteiger partial charge on any atom is 0.490 e. The largest absolute Gasteiger partial charge is 0.490 e. The number of ether oxygens (including phenoxy) is 1. The summed E-state index contributed by atoms with van der Waals surface area (Å²) < 4.78 is 39.8. The number of nitrogens with zero attached hydrogens (tertiary/aromatic N) is 4. The molecule has 2 aliphatic heterocycles. The molecule has 8 nitrogen and oxygen atoms in total. The molecule has 1 spiro atoms. The minimum absolute atomic E-state index is 0.0687. The first-order valence-electron chi connectivity index (χ1n) is 9.45. The number of aryl methyl sites for hydroxylation is 1. The van der Waals surface area contributed by atoms with E-state index in [1.165, 1.54) is 5.01 Å². The number of carboxylic acid groups (broad SMARTS) is 1. The Balaban J connectivity index is 0.000000318. The third kappa shape index (κ3) is 6.16. The summed E-state index contributed by atoms with van der Waals surface area (Å²) in [6.45, 7) is 3.96. The van der Waals surface area contributed by atoms with E-state index in [1.807, 2.05) is 30.3 Å². The minimum atomic E-state index is -5.08. The van der Waals surface area contributed by atoms with Crippen molar-refractivity contribution in [1.29, 1.82) is 0 Å². The number of aliphatic carboxylic acids is 1. The molecule has 1 unspecified atom stereocenters. The molecule has 2 aliphatic rings. The highest BCUT2D eigenvalue weighted by atomic mass is 32.1. The molecule has 0 aliphatic carbocycles. The zero-order valence-corrected chi connectivity index (χ0v) is 17.2. The molecule has 12 heteroatoms. The Morgan fingerprint density at radius 1 is 1.43 bits per heavy atom. The molecule has 1 atom stereocenters. The molecule has 0 saturated carbocycles. The Kier molecular flexibility index (Phi) is 6.98. The number of aromatic nitrogens is 3. The summed E-state index contributed by atoms with van der Waals surface area (Å²) in [6, 6.07) is 0.393. The number of alkyl halides is 3. The molecule has 0 bridgehead atoms. The van der Waals surface area contributed by atoms with Crippen LogP contribution in [0.3, 0.4) is 0 Å². The fourth-order valence-electron chi connectivity index (χ4n) is 3.66. The highest BCUT2D eigenvalue weighted by Crippen LogP contribution is 2.37. The van der Waals surface area contributed by atoms with Crippen LogP contribution in [0.4, 0.5) is 18.9 Å². The number of carboxylic acids is 1. The van der Waals surface area contributed by atoms with Gasteiger partial charge in [-0.25, -0.2) is 9.78 Å². The monoisotopic (exact) mass is 447 g/mol. The van der Waals surface area contributed by atoms with Gasteiger partial charge in [-0.2, -0.15) is 18.3 Å². The Morgan fingerprint density at radius 2 is 2.13 bits per heavy atom. The molecule has 4 rings (SSSR count). The number of piperidine rings is 1. The topological polar surface area (TPSA) is 92.5 Å². The number of hydrogen-bond acceptors (Lipinski definition) is 7. The van der Waals surface area contributed by atoms with E-state index in [1.54, 1.807) is 11.3 Å². The van der Waals surface area contributed by atoms with Crippen molar-refractivity contribution in [3.63, 3.8) is 0 Å². The van der Waals surface area contributed by atoms with E-state index < -0.39 is 12.1 Å². The molecule has 166 valence electrons. The highest BCUT2D eigenvalue weighted by Gasteiger charge is 2.42. The summed E-state index contributed by atoms with van der Waals surface area (Å²) >= 11 is 1.74. The lowest BCUT2D eigenvalue weighted by Gasteiger charge is -2.38. The number of hydrogen-bond donors (Lipinski definition) is 2. The average Bonchev–Trinajstić information content (AvgIpc) is 3.41. The van der Waals surface area contributed by atoms with Crippen LogP contribution >= 0.6 is 11.3 Å². The van der Waals surface area contributed by atoms with Crippen molar-refractivity contribution in [1.82, 2.24) is 19.7 Å².